The molecule has 0 fully saturated rings. The molecule has 0 saturated carbocycles. The van der Waals surface area contributed by atoms with Gasteiger partial charge in [-0.25, -0.2) is 0 Å². The van der Waals surface area contributed by atoms with E-state index in [0.29, 0.717) is 0 Å². The molecule has 26 heavy (non-hydrogen) atoms. The normalized spacial score (nSPS) is 11.8. The molecule has 0 amide bonds. The summed E-state index contributed by atoms with van der Waals surface area (Å²) in [5.41, 5.74) is 2.49. The summed E-state index contributed by atoms with van der Waals surface area (Å²) in [6, 6.07) is 10.3. The quantitative estimate of drug-likeness (QED) is 0.493. The predicted molar refractivity (Wildman–Crippen MR) is 105 cm³/mol. The van der Waals surface area contributed by atoms with Gasteiger partial charge in [0, 0.05) is 52.7 Å². The maximum Gasteiger partial charge on any atom is 0.191 e. The van der Waals surface area contributed by atoms with E-state index in [-0.39, 0.29) is 0 Å². The molecule has 0 aliphatic heterocycles. The summed E-state index contributed by atoms with van der Waals surface area (Å²) < 4.78 is 7.03. The maximum atomic E-state index is 5.09. The van der Waals surface area contributed by atoms with E-state index < -0.39 is 0 Å². The molecule has 0 bridgehead atoms. The molecule has 7 nitrogen and oxygen atoms in total. The van der Waals surface area contributed by atoms with E-state index in [2.05, 4.69) is 56.9 Å². The molecular formula is C19H30N6O. The SMILES string of the molecule is CN=C(NCCN(C)CCOC)NCc1ccccc1Cn1cccn1. The summed E-state index contributed by atoms with van der Waals surface area (Å²) in [5.74, 6) is 0.805. The van der Waals surface area contributed by atoms with Crippen molar-refractivity contribution in [2.75, 3.05) is 47.4 Å². The van der Waals surface area contributed by atoms with E-state index in [1.54, 1.807) is 20.4 Å². The van der Waals surface area contributed by atoms with E-state index in [0.717, 1.165) is 45.3 Å². The van der Waals surface area contributed by atoms with Gasteiger partial charge in [0.1, 0.15) is 0 Å². The van der Waals surface area contributed by atoms with Crippen LogP contribution in [0.5, 0.6) is 0 Å². The van der Waals surface area contributed by atoms with Gasteiger partial charge in [0.15, 0.2) is 5.96 Å². The first-order valence-electron chi connectivity index (χ1n) is 8.89. The van der Waals surface area contributed by atoms with Crippen molar-refractivity contribution in [3.05, 3.63) is 53.9 Å². The first kappa shape index (κ1) is 19.9. The zero-order valence-electron chi connectivity index (χ0n) is 16.0. The highest BCUT2D eigenvalue weighted by molar-refractivity contribution is 5.79. The van der Waals surface area contributed by atoms with Gasteiger partial charge >= 0.3 is 0 Å². The van der Waals surface area contributed by atoms with Crippen molar-refractivity contribution in [3.8, 4) is 0 Å². The second-order valence-corrected chi connectivity index (χ2v) is 6.12. The zero-order chi connectivity index (χ0) is 18.6. The van der Waals surface area contributed by atoms with Crippen molar-refractivity contribution in [1.29, 1.82) is 0 Å². The van der Waals surface area contributed by atoms with E-state index in [1.165, 1.54) is 11.1 Å². The Bertz CT molecular complexity index is 656. The number of guanidine groups is 1. The summed E-state index contributed by atoms with van der Waals surface area (Å²) in [6.45, 7) is 4.91. The fourth-order valence-electron chi connectivity index (χ4n) is 2.58. The standard InChI is InChI=1S/C19H30N6O/c1-20-19(21-10-12-24(2)13-14-26-3)22-15-17-7-4-5-8-18(17)16-25-11-6-9-23-25/h4-9,11H,10,12-16H2,1-3H3,(H2,20,21,22). The van der Waals surface area contributed by atoms with Gasteiger partial charge in [0.2, 0.25) is 0 Å². The molecule has 2 aromatic rings. The average molecular weight is 358 g/mol. The van der Waals surface area contributed by atoms with Gasteiger partial charge < -0.3 is 20.3 Å². The maximum absolute atomic E-state index is 5.09. The van der Waals surface area contributed by atoms with Crippen LogP contribution in [-0.2, 0) is 17.8 Å². The molecule has 1 aromatic heterocycles. The molecule has 0 unspecified atom stereocenters. The number of aliphatic imine (C=N–C) groups is 1. The molecular weight excluding hydrogens is 328 g/mol. The number of ether oxygens (including phenoxy) is 1. The monoisotopic (exact) mass is 358 g/mol. The Labute approximate surface area is 156 Å². The van der Waals surface area contributed by atoms with Gasteiger partial charge in [0.05, 0.1) is 13.2 Å². The number of benzene rings is 1. The van der Waals surface area contributed by atoms with Gasteiger partial charge in [-0.1, -0.05) is 24.3 Å². The summed E-state index contributed by atoms with van der Waals surface area (Å²) >= 11 is 0. The van der Waals surface area contributed by atoms with Crippen LogP contribution in [0.1, 0.15) is 11.1 Å². The van der Waals surface area contributed by atoms with Crippen LogP contribution in [0.4, 0.5) is 0 Å². The van der Waals surface area contributed by atoms with Crippen molar-refractivity contribution < 1.29 is 4.74 Å². The smallest absolute Gasteiger partial charge is 0.191 e. The predicted octanol–water partition coefficient (Wildman–Crippen LogP) is 1.17. The second kappa shape index (κ2) is 11.3. The molecule has 7 heteroatoms. The lowest BCUT2D eigenvalue weighted by Crippen LogP contribution is -2.41. The van der Waals surface area contributed by atoms with Gasteiger partial charge in [0.25, 0.3) is 0 Å². The fourth-order valence-corrected chi connectivity index (χ4v) is 2.58. The molecule has 0 aliphatic rings. The number of likely N-dealkylation sites (N-methyl/N-ethyl adjacent to an activating group) is 1. The van der Waals surface area contributed by atoms with Crippen LogP contribution in [0, 0.1) is 0 Å². The summed E-state index contributed by atoms with van der Waals surface area (Å²) in [5, 5.41) is 11.0. The van der Waals surface area contributed by atoms with Gasteiger partial charge in [-0.2, -0.15) is 5.10 Å². The summed E-state index contributed by atoms with van der Waals surface area (Å²) in [7, 11) is 5.60. The molecule has 2 rings (SSSR count). The van der Waals surface area contributed by atoms with Crippen LogP contribution in [-0.4, -0.2) is 68.1 Å². The Morgan fingerprint density at radius 1 is 1.19 bits per heavy atom. The molecule has 142 valence electrons. The first-order chi connectivity index (χ1) is 12.7. The second-order valence-electron chi connectivity index (χ2n) is 6.12. The van der Waals surface area contributed by atoms with Gasteiger partial charge in [-0.3, -0.25) is 9.67 Å². The highest BCUT2D eigenvalue weighted by atomic mass is 16.5. The third kappa shape index (κ3) is 6.85. The van der Waals surface area contributed by atoms with Crippen LogP contribution in [0.15, 0.2) is 47.7 Å². The molecule has 0 spiro atoms. The first-order valence-corrected chi connectivity index (χ1v) is 8.89. The van der Waals surface area contributed by atoms with Gasteiger partial charge in [-0.15, -0.1) is 0 Å². The minimum absolute atomic E-state index is 0.719. The number of methoxy groups -OCH3 is 1. The lowest BCUT2D eigenvalue weighted by atomic mass is 10.1. The topological polar surface area (TPSA) is 66.7 Å². The van der Waals surface area contributed by atoms with Crippen LogP contribution in [0.2, 0.25) is 0 Å². The minimum atomic E-state index is 0.719. The van der Waals surface area contributed by atoms with E-state index in [1.807, 2.05) is 16.9 Å². The Hall–Kier alpha value is -2.38. The molecule has 2 N–H and O–H groups in total. The lowest BCUT2D eigenvalue weighted by molar-refractivity contribution is 0.162. The minimum Gasteiger partial charge on any atom is -0.383 e. The Balaban J connectivity index is 1.81. The summed E-state index contributed by atoms with van der Waals surface area (Å²) in [4.78, 5) is 6.53. The molecule has 0 radical (unpaired) electrons. The van der Waals surface area contributed by atoms with Crippen molar-refractivity contribution in [2.24, 2.45) is 4.99 Å². The molecule has 0 aliphatic carbocycles. The number of rotatable bonds is 10. The van der Waals surface area contributed by atoms with E-state index in [9.17, 15) is 0 Å². The zero-order valence-corrected chi connectivity index (χ0v) is 16.0. The molecule has 0 saturated heterocycles. The Morgan fingerprint density at radius 2 is 2.00 bits per heavy atom. The number of hydrogen-bond donors (Lipinski definition) is 2. The number of aromatic nitrogens is 2. The number of nitrogens with one attached hydrogen (secondary N) is 2. The lowest BCUT2D eigenvalue weighted by Gasteiger charge is -2.18. The number of hydrogen-bond acceptors (Lipinski definition) is 4. The molecule has 1 heterocycles. The molecule has 1 aromatic carbocycles. The van der Waals surface area contributed by atoms with Gasteiger partial charge in [-0.05, 0) is 24.2 Å². The number of nitrogens with zero attached hydrogens (tertiary/aromatic N) is 4. The Kier molecular flexibility index (Phi) is 8.65. The Morgan fingerprint density at radius 3 is 2.69 bits per heavy atom. The summed E-state index contributed by atoms with van der Waals surface area (Å²) in [6.07, 6.45) is 3.78. The third-order valence-electron chi connectivity index (χ3n) is 4.14. The van der Waals surface area contributed by atoms with Crippen LogP contribution >= 0.6 is 0 Å². The van der Waals surface area contributed by atoms with E-state index in [4.69, 9.17) is 4.74 Å². The van der Waals surface area contributed by atoms with Crippen molar-refractivity contribution in [2.45, 2.75) is 13.1 Å². The molecule has 0 atom stereocenters. The van der Waals surface area contributed by atoms with E-state index >= 15 is 0 Å². The van der Waals surface area contributed by atoms with Crippen LogP contribution in [0.25, 0.3) is 0 Å². The average Bonchev–Trinajstić information content (AvgIpc) is 3.17. The van der Waals surface area contributed by atoms with Crippen molar-refractivity contribution >= 4 is 5.96 Å². The van der Waals surface area contributed by atoms with Crippen molar-refractivity contribution in [3.63, 3.8) is 0 Å². The largest absolute Gasteiger partial charge is 0.383 e. The van der Waals surface area contributed by atoms with Crippen LogP contribution in [0.3, 0.4) is 0 Å². The third-order valence-corrected chi connectivity index (χ3v) is 4.14. The van der Waals surface area contributed by atoms with Crippen molar-refractivity contribution in [1.82, 2.24) is 25.3 Å². The fraction of sp³-hybridized carbons (Fsp3) is 0.474. The highest BCUT2D eigenvalue weighted by Gasteiger charge is 2.05. The van der Waals surface area contributed by atoms with Crippen LogP contribution < -0.4 is 10.6 Å². The highest BCUT2D eigenvalue weighted by Crippen LogP contribution is 2.10.